The second-order valence-electron chi connectivity index (χ2n) is 5.58. The summed E-state index contributed by atoms with van der Waals surface area (Å²) in [5, 5.41) is 0.549. The van der Waals surface area contributed by atoms with Crippen LogP contribution in [0.15, 0.2) is 46.3 Å². The molecule has 0 aliphatic carbocycles. The smallest absolute Gasteiger partial charge is 0.279 e. The molecule has 136 valence electrons. The fourth-order valence-electron chi connectivity index (χ4n) is 2.46. The first-order valence-corrected chi connectivity index (χ1v) is 10.5. The van der Waals surface area contributed by atoms with Crippen LogP contribution in [-0.2, 0) is 16.9 Å². The Bertz CT molecular complexity index is 1180. The number of methoxy groups -OCH3 is 1. The molecule has 0 atom stereocenters. The number of ether oxygens (including phenoxy) is 1. The highest BCUT2D eigenvalue weighted by Gasteiger charge is 2.14. The molecule has 1 heterocycles. The van der Waals surface area contributed by atoms with Gasteiger partial charge in [0.1, 0.15) is 11.3 Å². The SMILES string of the molecule is COc1ccc(Cl)c2sc(=NC(=O)c3ccc(S(C)(=O)=O)cc3)n(C)c12. The van der Waals surface area contributed by atoms with Crippen LogP contribution in [0, 0.1) is 0 Å². The molecule has 3 rings (SSSR count). The van der Waals surface area contributed by atoms with E-state index in [4.69, 9.17) is 16.3 Å². The number of thiazole rings is 1. The van der Waals surface area contributed by atoms with Crippen LogP contribution in [0.1, 0.15) is 10.4 Å². The van der Waals surface area contributed by atoms with E-state index in [1.165, 1.54) is 35.6 Å². The molecule has 1 amide bonds. The average molecular weight is 411 g/mol. The topological polar surface area (TPSA) is 77.7 Å². The van der Waals surface area contributed by atoms with Crippen molar-refractivity contribution >= 4 is 48.9 Å². The number of fused-ring (bicyclic) bond motifs is 1. The van der Waals surface area contributed by atoms with Crippen molar-refractivity contribution in [3.63, 3.8) is 0 Å². The fourth-order valence-corrected chi connectivity index (χ4v) is 4.40. The van der Waals surface area contributed by atoms with Crippen molar-refractivity contribution < 1.29 is 17.9 Å². The van der Waals surface area contributed by atoms with Gasteiger partial charge in [-0.1, -0.05) is 22.9 Å². The van der Waals surface area contributed by atoms with E-state index in [0.29, 0.717) is 21.1 Å². The summed E-state index contributed by atoms with van der Waals surface area (Å²) in [6.45, 7) is 0. The van der Waals surface area contributed by atoms with Gasteiger partial charge in [0, 0.05) is 18.9 Å². The Kier molecular flexibility index (Phi) is 4.92. The van der Waals surface area contributed by atoms with Crippen molar-refractivity contribution in [2.24, 2.45) is 12.0 Å². The number of aromatic nitrogens is 1. The van der Waals surface area contributed by atoms with Gasteiger partial charge in [-0.05, 0) is 36.4 Å². The summed E-state index contributed by atoms with van der Waals surface area (Å²) in [5.74, 6) is 0.164. The minimum atomic E-state index is -3.31. The molecule has 6 nitrogen and oxygen atoms in total. The second-order valence-corrected chi connectivity index (χ2v) is 8.98. The summed E-state index contributed by atoms with van der Waals surface area (Å²) in [4.78, 5) is 17.2. The van der Waals surface area contributed by atoms with Gasteiger partial charge in [0.2, 0.25) is 0 Å². The highest BCUT2D eigenvalue weighted by Crippen LogP contribution is 2.32. The molecule has 0 aliphatic heterocycles. The van der Waals surface area contributed by atoms with Crippen molar-refractivity contribution in [1.82, 2.24) is 4.57 Å². The molecule has 0 saturated carbocycles. The molecule has 0 spiro atoms. The van der Waals surface area contributed by atoms with Crippen molar-refractivity contribution in [1.29, 1.82) is 0 Å². The predicted octanol–water partition coefficient (Wildman–Crippen LogP) is 3.05. The number of aryl methyl sites for hydroxylation is 1. The van der Waals surface area contributed by atoms with E-state index in [-0.39, 0.29) is 4.90 Å². The maximum atomic E-state index is 12.5. The third-order valence-corrected chi connectivity index (χ3v) is 6.53. The quantitative estimate of drug-likeness (QED) is 0.664. The van der Waals surface area contributed by atoms with Crippen LogP contribution >= 0.6 is 22.9 Å². The van der Waals surface area contributed by atoms with Crippen LogP contribution in [0.5, 0.6) is 5.75 Å². The number of nitrogens with zero attached hydrogens (tertiary/aromatic N) is 2. The van der Waals surface area contributed by atoms with Gasteiger partial charge in [-0.15, -0.1) is 0 Å². The first-order chi connectivity index (χ1) is 12.2. The Labute approximate surface area is 159 Å². The zero-order valence-corrected chi connectivity index (χ0v) is 16.6. The van der Waals surface area contributed by atoms with E-state index in [1.54, 1.807) is 30.9 Å². The number of halogens is 1. The maximum Gasteiger partial charge on any atom is 0.279 e. The zero-order valence-electron chi connectivity index (χ0n) is 14.2. The Morgan fingerprint density at radius 1 is 1.19 bits per heavy atom. The number of carbonyl (C=O) groups excluding carboxylic acids is 1. The average Bonchev–Trinajstić information content (AvgIpc) is 2.93. The molecule has 0 aliphatic rings. The summed E-state index contributed by atoms with van der Waals surface area (Å²) in [6.07, 6.45) is 1.11. The van der Waals surface area contributed by atoms with Crippen molar-refractivity contribution in [3.05, 3.63) is 51.8 Å². The third kappa shape index (κ3) is 3.40. The van der Waals surface area contributed by atoms with Gasteiger partial charge < -0.3 is 9.30 Å². The Balaban J connectivity index is 2.09. The van der Waals surface area contributed by atoms with Crippen molar-refractivity contribution in [2.45, 2.75) is 4.90 Å². The molecular formula is C17H15ClN2O4S2. The summed E-state index contributed by atoms with van der Waals surface area (Å²) in [6, 6.07) is 9.17. The first kappa shape index (κ1) is 18.6. The lowest BCUT2D eigenvalue weighted by Gasteiger charge is -2.04. The molecular weight excluding hydrogens is 396 g/mol. The fraction of sp³-hybridized carbons (Fsp3) is 0.176. The van der Waals surface area contributed by atoms with E-state index in [9.17, 15) is 13.2 Å². The zero-order chi connectivity index (χ0) is 19.1. The highest BCUT2D eigenvalue weighted by atomic mass is 35.5. The predicted molar refractivity (Wildman–Crippen MR) is 102 cm³/mol. The monoisotopic (exact) mass is 410 g/mol. The van der Waals surface area contributed by atoms with Crippen molar-refractivity contribution in [2.75, 3.05) is 13.4 Å². The van der Waals surface area contributed by atoms with E-state index in [1.807, 2.05) is 0 Å². The maximum absolute atomic E-state index is 12.5. The van der Waals surface area contributed by atoms with Crippen molar-refractivity contribution in [3.8, 4) is 5.75 Å². The van der Waals surface area contributed by atoms with Crippen LogP contribution in [0.25, 0.3) is 10.2 Å². The summed E-state index contributed by atoms with van der Waals surface area (Å²) in [7, 11) is 0.0223. The molecule has 0 saturated heterocycles. The summed E-state index contributed by atoms with van der Waals surface area (Å²) >= 11 is 7.52. The number of amides is 1. The minimum Gasteiger partial charge on any atom is -0.495 e. The third-order valence-electron chi connectivity index (χ3n) is 3.81. The Morgan fingerprint density at radius 3 is 2.42 bits per heavy atom. The van der Waals surface area contributed by atoms with Crippen LogP contribution < -0.4 is 9.54 Å². The molecule has 3 aromatic rings. The number of carbonyl (C=O) groups is 1. The molecule has 0 N–H and O–H groups in total. The van der Waals surface area contributed by atoms with E-state index in [2.05, 4.69) is 4.99 Å². The van der Waals surface area contributed by atoms with Gasteiger partial charge in [-0.25, -0.2) is 8.42 Å². The Hall–Kier alpha value is -2.16. The van der Waals surface area contributed by atoms with Crippen LogP contribution in [-0.4, -0.2) is 32.3 Å². The second kappa shape index (κ2) is 6.86. The molecule has 0 fully saturated rings. The molecule has 0 bridgehead atoms. The highest BCUT2D eigenvalue weighted by molar-refractivity contribution is 7.90. The largest absolute Gasteiger partial charge is 0.495 e. The number of rotatable bonds is 3. The molecule has 0 unspecified atom stereocenters. The Morgan fingerprint density at radius 2 is 1.85 bits per heavy atom. The first-order valence-electron chi connectivity index (χ1n) is 7.43. The molecule has 2 aromatic carbocycles. The van der Waals surface area contributed by atoms with Crippen LogP contribution in [0.4, 0.5) is 0 Å². The van der Waals surface area contributed by atoms with E-state index < -0.39 is 15.7 Å². The lowest BCUT2D eigenvalue weighted by molar-refractivity contribution is 0.0998. The molecule has 0 radical (unpaired) electrons. The van der Waals surface area contributed by atoms with E-state index in [0.717, 1.165) is 16.5 Å². The number of benzene rings is 2. The lowest BCUT2D eigenvalue weighted by Crippen LogP contribution is -2.13. The standard InChI is InChI=1S/C17H15ClN2O4S2/c1-20-14-13(24-2)9-8-12(18)15(14)25-17(20)19-16(21)10-4-6-11(7-5-10)26(3,22)23/h4-9H,1-3H3. The van der Waals surface area contributed by atoms with Gasteiger partial charge in [0.05, 0.1) is 21.7 Å². The summed E-state index contributed by atoms with van der Waals surface area (Å²) < 4.78 is 30.9. The van der Waals surface area contributed by atoms with Gasteiger partial charge in [-0.2, -0.15) is 4.99 Å². The summed E-state index contributed by atoms with van der Waals surface area (Å²) in [5.41, 5.74) is 1.05. The number of sulfone groups is 1. The van der Waals surface area contributed by atoms with Crippen LogP contribution in [0.3, 0.4) is 0 Å². The number of hydrogen-bond donors (Lipinski definition) is 0. The van der Waals surface area contributed by atoms with E-state index >= 15 is 0 Å². The van der Waals surface area contributed by atoms with Gasteiger partial charge in [-0.3, -0.25) is 4.79 Å². The molecule has 9 heteroatoms. The normalized spacial score (nSPS) is 12.5. The lowest BCUT2D eigenvalue weighted by atomic mass is 10.2. The van der Waals surface area contributed by atoms with Crippen LogP contribution in [0.2, 0.25) is 5.02 Å². The minimum absolute atomic E-state index is 0.151. The molecule has 1 aromatic heterocycles. The van der Waals surface area contributed by atoms with Gasteiger partial charge in [0.25, 0.3) is 5.91 Å². The van der Waals surface area contributed by atoms with Gasteiger partial charge >= 0.3 is 0 Å². The number of hydrogen-bond acceptors (Lipinski definition) is 5. The molecule has 26 heavy (non-hydrogen) atoms. The van der Waals surface area contributed by atoms with Gasteiger partial charge in [0.15, 0.2) is 14.6 Å².